The number of hydrogen-bond acceptors (Lipinski definition) is 4. The van der Waals surface area contributed by atoms with E-state index in [1.54, 1.807) is 0 Å². The molecule has 0 N–H and O–H groups in total. The van der Waals surface area contributed by atoms with Gasteiger partial charge in [-0.2, -0.15) is 5.26 Å². The maximum atomic E-state index is 12.0. The number of rotatable bonds is 1. The van der Waals surface area contributed by atoms with Crippen LogP contribution >= 0.6 is 0 Å². The van der Waals surface area contributed by atoms with Crippen molar-refractivity contribution in [2.24, 2.45) is 5.92 Å². The molecule has 1 aliphatic heterocycles. The lowest BCUT2D eigenvalue weighted by molar-refractivity contribution is -0.119. The van der Waals surface area contributed by atoms with Crippen molar-refractivity contribution in [2.45, 2.75) is 31.7 Å². The van der Waals surface area contributed by atoms with Gasteiger partial charge >= 0.3 is 0 Å². The van der Waals surface area contributed by atoms with Gasteiger partial charge in [0.05, 0.1) is 0 Å². The van der Waals surface area contributed by atoms with E-state index in [4.69, 9.17) is 5.26 Å². The van der Waals surface area contributed by atoms with Crippen LogP contribution in [-0.4, -0.2) is 42.3 Å². The zero-order valence-corrected chi connectivity index (χ0v) is 10.5. The van der Waals surface area contributed by atoms with Crippen LogP contribution in [0.5, 0.6) is 0 Å². The quantitative estimate of drug-likeness (QED) is 0.507. The lowest BCUT2D eigenvalue weighted by Crippen LogP contribution is -2.46. The highest BCUT2D eigenvalue weighted by Crippen LogP contribution is 2.35. The second-order valence-electron chi connectivity index (χ2n) is 5.21. The molecule has 1 heterocycles. The second-order valence-corrected chi connectivity index (χ2v) is 5.21. The standard InChI is InChI=1S/C13H19N3O/c1-15(2)8-11-6-12-10(7-13(11)17)4-3-5-16(12)9-14/h8,10,12H,3-7H2,1-2H3/b11-8+. The van der Waals surface area contributed by atoms with E-state index in [9.17, 15) is 4.79 Å². The molecule has 0 amide bonds. The van der Waals surface area contributed by atoms with Gasteiger partial charge in [0.15, 0.2) is 12.0 Å². The highest BCUT2D eigenvalue weighted by Gasteiger charge is 2.38. The van der Waals surface area contributed by atoms with Crippen LogP contribution in [-0.2, 0) is 4.79 Å². The Labute approximate surface area is 102 Å². The van der Waals surface area contributed by atoms with Gasteiger partial charge in [-0.05, 0) is 25.2 Å². The van der Waals surface area contributed by atoms with Gasteiger partial charge in [0, 0.05) is 44.9 Å². The molecule has 0 aromatic carbocycles. The first kappa shape index (κ1) is 12.0. The molecule has 0 aromatic heterocycles. The van der Waals surface area contributed by atoms with Gasteiger partial charge in [-0.3, -0.25) is 4.79 Å². The molecule has 4 nitrogen and oxygen atoms in total. The number of nitrogens with zero attached hydrogens (tertiary/aromatic N) is 3. The second kappa shape index (κ2) is 4.79. The largest absolute Gasteiger partial charge is 0.383 e. The Bertz CT molecular complexity index is 381. The zero-order valence-electron chi connectivity index (χ0n) is 10.5. The maximum absolute atomic E-state index is 12.0. The van der Waals surface area contributed by atoms with Gasteiger partial charge < -0.3 is 9.80 Å². The summed E-state index contributed by atoms with van der Waals surface area (Å²) in [5.41, 5.74) is 0.874. The normalized spacial score (nSPS) is 31.0. The first-order valence-corrected chi connectivity index (χ1v) is 6.18. The number of ketones is 1. The molecule has 0 bridgehead atoms. The van der Waals surface area contributed by atoms with Crippen molar-refractivity contribution >= 4 is 5.78 Å². The van der Waals surface area contributed by atoms with Crippen molar-refractivity contribution in [1.29, 1.82) is 5.26 Å². The molecule has 1 saturated carbocycles. The molecular formula is C13H19N3O. The molecule has 17 heavy (non-hydrogen) atoms. The van der Waals surface area contributed by atoms with E-state index in [1.165, 1.54) is 0 Å². The lowest BCUT2D eigenvalue weighted by Gasteiger charge is -2.41. The lowest BCUT2D eigenvalue weighted by atomic mass is 9.76. The van der Waals surface area contributed by atoms with Gasteiger partial charge in [-0.25, -0.2) is 0 Å². The monoisotopic (exact) mass is 233 g/mol. The van der Waals surface area contributed by atoms with Gasteiger partial charge in [0.25, 0.3) is 0 Å². The molecule has 0 spiro atoms. The van der Waals surface area contributed by atoms with Crippen molar-refractivity contribution in [3.63, 3.8) is 0 Å². The van der Waals surface area contributed by atoms with Crippen LogP contribution in [0.2, 0.25) is 0 Å². The summed E-state index contributed by atoms with van der Waals surface area (Å²) in [6, 6.07) is 0.248. The van der Waals surface area contributed by atoms with Crippen LogP contribution in [0.1, 0.15) is 25.7 Å². The highest BCUT2D eigenvalue weighted by atomic mass is 16.1. The summed E-state index contributed by atoms with van der Waals surface area (Å²) >= 11 is 0. The molecule has 2 rings (SSSR count). The van der Waals surface area contributed by atoms with Gasteiger partial charge in [0.2, 0.25) is 0 Å². The van der Waals surface area contributed by atoms with Crippen molar-refractivity contribution < 1.29 is 4.79 Å². The molecular weight excluding hydrogens is 214 g/mol. The van der Waals surface area contributed by atoms with E-state index in [0.29, 0.717) is 12.3 Å². The molecule has 0 radical (unpaired) electrons. The third-order valence-electron chi connectivity index (χ3n) is 3.70. The molecule has 2 unspecified atom stereocenters. The highest BCUT2D eigenvalue weighted by molar-refractivity contribution is 5.96. The van der Waals surface area contributed by atoms with Crippen LogP contribution in [0.3, 0.4) is 0 Å². The van der Waals surface area contributed by atoms with Crippen molar-refractivity contribution in [3.8, 4) is 6.19 Å². The molecule has 1 saturated heterocycles. The Kier molecular flexibility index (Phi) is 3.37. The zero-order chi connectivity index (χ0) is 12.4. The maximum Gasteiger partial charge on any atom is 0.179 e. The van der Waals surface area contributed by atoms with Crippen LogP contribution in [0.4, 0.5) is 0 Å². The molecule has 2 fully saturated rings. The number of piperidine rings is 1. The number of likely N-dealkylation sites (tertiary alicyclic amines) is 1. The van der Waals surface area contributed by atoms with E-state index in [-0.39, 0.29) is 11.8 Å². The molecule has 92 valence electrons. The van der Waals surface area contributed by atoms with Crippen molar-refractivity contribution in [2.75, 3.05) is 20.6 Å². The molecule has 2 aliphatic rings. The summed E-state index contributed by atoms with van der Waals surface area (Å²) in [4.78, 5) is 15.8. The first-order valence-electron chi connectivity index (χ1n) is 6.18. The summed E-state index contributed by atoms with van der Waals surface area (Å²) in [7, 11) is 3.85. The molecule has 1 aliphatic carbocycles. The smallest absolute Gasteiger partial charge is 0.179 e. The Hall–Kier alpha value is -1.50. The van der Waals surface area contributed by atoms with E-state index in [1.807, 2.05) is 30.1 Å². The van der Waals surface area contributed by atoms with Crippen LogP contribution < -0.4 is 0 Å². The molecule has 0 aromatic rings. The minimum Gasteiger partial charge on any atom is -0.383 e. The van der Waals surface area contributed by atoms with Gasteiger partial charge in [-0.15, -0.1) is 0 Å². The number of hydrogen-bond donors (Lipinski definition) is 0. The summed E-state index contributed by atoms with van der Waals surface area (Å²) in [5.74, 6) is 0.648. The van der Waals surface area contributed by atoms with Crippen LogP contribution in [0.15, 0.2) is 11.8 Å². The molecule has 4 heteroatoms. The summed E-state index contributed by atoms with van der Waals surface area (Å²) in [6.45, 7) is 0.848. The summed E-state index contributed by atoms with van der Waals surface area (Å²) in [6.07, 6.45) is 7.65. The fraction of sp³-hybridized carbons (Fsp3) is 0.692. The topological polar surface area (TPSA) is 47.3 Å². The summed E-state index contributed by atoms with van der Waals surface area (Å²) < 4.78 is 0. The number of carbonyl (C=O) groups is 1. The number of carbonyl (C=O) groups excluding carboxylic acids is 1. The average Bonchev–Trinajstić information content (AvgIpc) is 2.28. The minimum atomic E-state index is 0.248. The predicted octanol–water partition coefficient (Wildman–Crippen LogP) is 1.36. The fourth-order valence-corrected chi connectivity index (χ4v) is 2.92. The predicted molar refractivity (Wildman–Crippen MR) is 64.8 cm³/mol. The van der Waals surface area contributed by atoms with E-state index < -0.39 is 0 Å². The van der Waals surface area contributed by atoms with Crippen LogP contribution in [0.25, 0.3) is 0 Å². The van der Waals surface area contributed by atoms with Crippen LogP contribution in [0, 0.1) is 17.4 Å². The van der Waals surface area contributed by atoms with Gasteiger partial charge in [-0.1, -0.05) is 0 Å². The molecule has 2 atom stereocenters. The number of Topliss-reactive ketones (excluding diaryl/α,β-unsaturated/α-hetero) is 1. The Balaban J connectivity index is 2.18. The van der Waals surface area contributed by atoms with Crippen molar-refractivity contribution in [1.82, 2.24) is 9.80 Å². The Morgan fingerprint density at radius 3 is 2.88 bits per heavy atom. The SMILES string of the molecule is CN(C)/C=C1\CC2C(CCCN2C#N)CC1=O. The van der Waals surface area contributed by atoms with E-state index in [0.717, 1.165) is 31.4 Å². The minimum absolute atomic E-state index is 0.248. The van der Waals surface area contributed by atoms with Gasteiger partial charge in [0.1, 0.15) is 0 Å². The summed E-state index contributed by atoms with van der Waals surface area (Å²) in [5, 5.41) is 9.13. The Morgan fingerprint density at radius 2 is 2.24 bits per heavy atom. The first-order chi connectivity index (χ1) is 8.11. The number of fused-ring (bicyclic) bond motifs is 1. The Morgan fingerprint density at radius 1 is 1.47 bits per heavy atom. The fourth-order valence-electron chi connectivity index (χ4n) is 2.92. The van der Waals surface area contributed by atoms with Crippen molar-refractivity contribution in [3.05, 3.63) is 11.8 Å². The average molecular weight is 233 g/mol. The third-order valence-corrected chi connectivity index (χ3v) is 3.70. The third kappa shape index (κ3) is 2.44. The van der Waals surface area contributed by atoms with E-state index in [2.05, 4.69) is 6.19 Å². The number of nitriles is 1. The van der Waals surface area contributed by atoms with E-state index >= 15 is 0 Å².